The zero-order valence-electron chi connectivity index (χ0n) is 11.1. The minimum atomic E-state index is -0.200. The number of para-hydroxylation sites is 1. The number of benzene rings is 1. The summed E-state index contributed by atoms with van der Waals surface area (Å²) in [5.41, 5.74) is 3.77. The van der Waals surface area contributed by atoms with Gasteiger partial charge in [0.15, 0.2) is 0 Å². The molecule has 1 N–H and O–H groups in total. The van der Waals surface area contributed by atoms with Gasteiger partial charge in [-0.05, 0) is 30.9 Å². The van der Waals surface area contributed by atoms with E-state index in [0.717, 1.165) is 36.1 Å². The van der Waals surface area contributed by atoms with Crippen molar-refractivity contribution in [2.75, 3.05) is 5.32 Å². The first-order chi connectivity index (χ1) is 10.3. The van der Waals surface area contributed by atoms with Crippen molar-refractivity contribution in [2.45, 2.75) is 19.3 Å². The lowest BCUT2D eigenvalue weighted by atomic mass is 10.1. The third kappa shape index (κ3) is 1.80. The predicted molar refractivity (Wildman–Crippen MR) is 82.3 cm³/mol. The molecule has 2 heterocycles. The molecule has 0 atom stereocenters. The number of nitrogens with zero attached hydrogens (tertiary/aromatic N) is 2. The summed E-state index contributed by atoms with van der Waals surface area (Å²) in [6.45, 7) is 0. The SMILES string of the molecule is N#Cc1c(N=C2C(=O)Nc3ccccc32)sc2c1CCC2. The van der Waals surface area contributed by atoms with Gasteiger partial charge in [0.1, 0.15) is 16.8 Å². The largest absolute Gasteiger partial charge is 0.320 e. The van der Waals surface area contributed by atoms with Crippen molar-refractivity contribution >= 4 is 33.6 Å². The average molecular weight is 293 g/mol. The number of rotatable bonds is 1. The standard InChI is InChI=1S/C16H11N3OS/c17-8-11-9-5-3-7-13(9)21-16(11)19-14-10-4-1-2-6-12(10)18-15(14)20/h1-2,4,6H,3,5,7H2,(H,18,19,20). The second kappa shape index (κ2) is 4.54. The quantitative estimate of drug-likeness (QED) is 0.877. The molecule has 1 aliphatic heterocycles. The molecule has 1 aromatic carbocycles. The number of nitrogens with one attached hydrogen (secondary N) is 1. The van der Waals surface area contributed by atoms with E-state index in [4.69, 9.17) is 0 Å². The summed E-state index contributed by atoms with van der Waals surface area (Å²) in [5, 5.41) is 12.9. The number of fused-ring (bicyclic) bond motifs is 2. The summed E-state index contributed by atoms with van der Waals surface area (Å²) in [7, 11) is 0. The molecule has 1 aromatic heterocycles. The van der Waals surface area contributed by atoms with Crippen LogP contribution < -0.4 is 5.32 Å². The van der Waals surface area contributed by atoms with Crippen LogP contribution in [0, 0.1) is 11.3 Å². The second-order valence-electron chi connectivity index (χ2n) is 5.11. The van der Waals surface area contributed by atoms with Crippen LogP contribution in [0.1, 0.15) is 28.0 Å². The fourth-order valence-electron chi connectivity index (χ4n) is 2.90. The van der Waals surface area contributed by atoms with Gasteiger partial charge in [-0.3, -0.25) is 4.79 Å². The van der Waals surface area contributed by atoms with Gasteiger partial charge in [-0.2, -0.15) is 5.26 Å². The maximum atomic E-state index is 12.1. The van der Waals surface area contributed by atoms with E-state index in [9.17, 15) is 10.1 Å². The summed E-state index contributed by atoms with van der Waals surface area (Å²) in [4.78, 5) is 17.9. The predicted octanol–water partition coefficient (Wildman–Crippen LogP) is 3.18. The first kappa shape index (κ1) is 12.3. The van der Waals surface area contributed by atoms with E-state index < -0.39 is 0 Å². The minimum absolute atomic E-state index is 0.200. The Kier molecular flexibility index (Phi) is 2.66. The van der Waals surface area contributed by atoms with E-state index in [1.54, 1.807) is 11.3 Å². The van der Waals surface area contributed by atoms with E-state index >= 15 is 0 Å². The maximum absolute atomic E-state index is 12.1. The normalized spacial score (nSPS) is 17.5. The number of carbonyl (C=O) groups excluding carboxylic acids is 1. The summed E-state index contributed by atoms with van der Waals surface area (Å²) < 4.78 is 0. The molecule has 0 saturated heterocycles. The van der Waals surface area contributed by atoms with Crippen LogP contribution in [0.2, 0.25) is 0 Å². The smallest absolute Gasteiger partial charge is 0.275 e. The van der Waals surface area contributed by atoms with Gasteiger partial charge < -0.3 is 5.32 Å². The van der Waals surface area contributed by atoms with Crippen LogP contribution in [0.5, 0.6) is 0 Å². The third-order valence-corrected chi connectivity index (χ3v) is 5.06. The number of amides is 1. The maximum Gasteiger partial charge on any atom is 0.275 e. The van der Waals surface area contributed by atoms with Gasteiger partial charge >= 0.3 is 0 Å². The minimum Gasteiger partial charge on any atom is -0.320 e. The van der Waals surface area contributed by atoms with Crippen LogP contribution >= 0.6 is 11.3 Å². The number of carbonyl (C=O) groups is 1. The Morgan fingerprint density at radius 3 is 3.00 bits per heavy atom. The summed E-state index contributed by atoms with van der Waals surface area (Å²) in [5.74, 6) is -0.200. The Morgan fingerprint density at radius 2 is 2.14 bits per heavy atom. The van der Waals surface area contributed by atoms with Gasteiger partial charge in [-0.1, -0.05) is 18.2 Å². The van der Waals surface area contributed by atoms with Crippen LogP contribution in [0.25, 0.3) is 0 Å². The summed E-state index contributed by atoms with van der Waals surface area (Å²) >= 11 is 1.55. The molecule has 0 fully saturated rings. The first-order valence-corrected chi connectivity index (χ1v) is 7.63. The molecular weight excluding hydrogens is 282 g/mol. The van der Waals surface area contributed by atoms with Crippen LogP contribution in [0.15, 0.2) is 29.3 Å². The number of aliphatic imine (C=N–C) groups is 1. The monoisotopic (exact) mass is 293 g/mol. The van der Waals surface area contributed by atoms with E-state index in [-0.39, 0.29) is 5.91 Å². The van der Waals surface area contributed by atoms with Gasteiger partial charge in [0.2, 0.25) is 0 Å². The van der Waals surface area contributed by atoms with Crippen molar-refractivity contribution in [3.8, 4) is 6.07 Å². The Bertz CT molecular complexity index is 842. The molecule has 0 radical (unpaired) electrons. The highest BCUT2D eigenvalue weighted by Crippen LogP contribution is 2.41. The van der Waals surface area contributed by atoms with E-state index in [2.05, 4.69) is 16.4 Å². The fraction of sp³-hybridized carbons (Fsp3) is 0.188. The number of hydrogen-bond donors (Lipinski definition) is 1. The summed E-state index contributed by atoms with van der Waals surface area (Å²) in [6.07, 6.45) is 3.07. The van der Waals surface area contributed by atoms with Gasteiger partial charge in [-0.15, -0.1) is 11.3 Å². The molecule has 21 heavy (non-hydrogen) atoms. The molecule has 0 bridgehead atoms. The van der Waals surface area contributed by atoms with Crippen LogP contribution in [-0.4, -0.2) is 11.6 Å². The highest BCUT2D eigenvalue weighted by molar-refractivity contribution is 7.16. The van der Waals surface area contributed by atoms with Crippen molar-refractivity contribution < 1.29 is 4.79 Å². The fourth-order valence-corrected chi connectivity index (χ4v) is 4.11. The molecule has 1 aliphatic carbocycles. The molecule has 5 heteroatoms. The van der Waals surface area contributed by atoms with Crippen molar-refractivity contribution in [1.29, 1.82) is 5.26 Å². The Balaban J connectivity index is 1.87. The highest BCUT2D eigenvalue weighted by Gasteiger charge is 2.28. The first-order valence-electron chi connectivity index (χ1n) is 6.82. The molecule has 2 aliphatic rings. The Labute approximate surface area is 125 Å². The number of nitriles is 1. The van der Waals surface area contributed by atoms with E-state index in [1.165, 1.54) is 4.88 Å². The molecule has 4 rings (SSSR count). The third-order valence-electron chi connectivity index (χ3n) is 3.87. The Hall–Kier alpha value is -2.45. The van der Waals surface area contributed by atoms with Gasteiger partial charge in [0.05, 0.1) is 11.3 Å². The van der Waals surface area contributed by atoms with Gasteiger partial charge in [0, 0.05) is 10.4 Å². The number of anilines is 1. The lowest BCUT2D eigenvalue weighted by Gasteiger charge is -1.97. The lowest BCUT2D eigenvalue weighted by molar-refractivity contribution is -0.110. The molecule has 0 unspecified atom stereocenters. The number of hydrogen-bond acceptors (Lipinski definition) is 4. The summed E-state index contributed by atoms with van der Waals surface area (Å²) in [6, 6.07) is 9.75. The van der Waals surface area contributed by atoms with Crippen molar-refractivity contribution in [1.82, 2.24) is 0 Å². The van der Waals surface area contributed by atoms with E-state index in [0.29, 0.717) is 16.3 Å². The zero-order valence-corrected chi connectivity index (χ0v) is 12.0. The molecular formula is C16H11N3OS. The lowest BCUT2D eigenvalue weighted by Crippen LogP contribution is -2.13. The van der Waals surface area contributed by atoms with Gasteiger partial charge in [-0.25, -0.2) is 4.99 Å². The highest BCUT2D eigenvalue weighted by atomic mass is 32.1. The van der Waals surface area contributed by atoms with E-state index in [1.807, 2.05) is 24.3 Å². The van der Waals surface area contributed by atoms with Crippen LogP contribution in [0.4, 0.5) is 10.7 Å². The number of aryl methyl sites for hydroxylation is 1. The van der Waals surface area contributed by atoms with Crippen molar-refractivity contribution in [2.24, 2.45) is 4.99 Å². The molecule has 4 nitrogen and oxygen atoms in total. The molecule has 1 amide bonds. The molecule has 0 spiro atoms. The van der Waals surface area contributed by atoms with Gasteiger partial charge in [0.25, 0.3) is 5.91 Å². The van der Waals surface area contributed by atoms with Crippen LogP contribution in [0.3, 0.4) is 0 Å². The second-order valence-corrected chi connectivity index (χ2v) is 6.19. The zero-order chi connectivity index (χ0) is 14.4. The molecule has 102 valence electrons. The Morgan fingerprint density at radius 1 is 1.29 bits per heavy atom. The van der Waals surface area contributed by atoms with Crippen molar-refractivity contribution in [3.63, 3.8) is 0 Å². The van der Waals surface area contributed by atoms with Crippen molar-refractivity contribution in [3.05, 3.63) is 45.8 Å². The molecule has 0 saturated carbocycles. The molecule has 2 aromatic rings. The average Bonchev–Trinajstić information content (AvgIpc) is 3.13. The topological polar surface area (TPSA) is 65.2 Å². The van der Waals surface area contributed by atoms with Crippen LogP contribution in [-0.2, 0) is 17.6 Å². The number of thiophene rings is 1.